The fraction of sp³-hybridized carbons (Fsp3) is 0.889. The van der Waals surface area contributed by atoms with Gasteiger partial charge in [0.1, 0.15) is 0 Å². The maximum absolute atomic E-state index is 13.0. The Morgan fingerprint density at radius 3 is 1.67 bits per heavy atom. The third-order valence-corrected chi connectivity index (χ3v) is 6.03. The molecule has 1 N–H and O–H groups in total. The highest BCUT2D eigenvalue weighted by atomic mass is 35.5. The van der Waals surface area contributed by atoms with Crippen LogP contribution in [0.1, 0.15) is 51.4 Å². The summed E-state index contributed by atoms with van der Waals surface area (Å²) in [4.78, 5) is 29.9. The van der Waals surface area contributed by atoms with Gasteiger partial charge < -0.3 is 15.1 Å². The van der Waals surface area contributed by atoms with Crippen LogP contribution in [0.4, 0.5) is 0 Å². The molecule has 0 spiro atoms. The second kappa shape index (κ2) is 9.04. The largest absolute Gasteiger partial charge is 0.342 e. The van der Waals surface area contributed by atoms with Crippen molar-refractivity contribution in [2.24, 2.45) is 11.8 Å². The summed E-state index contributed by atoms with van der Waals surface area (Å²) < 4.78 is 0. The van der Waals surface area contributed by atoms with E-state index in [1.807, 2.05) is 16.8 Å². The quantitative estimate of drug-likeness (QED) is 0.841. The van der Waals surface area contributed by atoms with E-state index < -0.39 is 0 Å². The molecule has 3 fully saturated rings. The van der Waals surface area contributed by atoms with Gasteiger partial charge in [-0.2, -0.15) is 0 Å². The van der Waals surface area contributed by atoms with Crippen molar-refractivity contribution in [2.75, 3.05) is 33.2 Å². The number of likely N-dealkylation sites (tertiary alicyclic amines) is 2. The molecule has 6 heteroatoms. The number of hydrogen-bond acceptors (Lipinski definition) is 3. The number of nitrogens with one attached hydrogen (secondary N) is 1. The smallest absolute Gasteiger partial charge is 0.226 e. The third-order valence-electron chi connectivity index (χ3n) is 6.03. The van der Waals surface area contributed by atoms with Crippen molar-refractivity contribution in [3.8, 4) is 0 Å². The number of carbonyl (C=O) groups is 2. The van der Waals surface area contributed by atoms with Crippen molar-refractivity contribution in [3.63, 3.8) is 0 Å². The molecule has 0 aromatic carbocycles. The lowest BCUT2D eigenvalue weighted by Gasteiger charge is -2.38. The lowest BCUT2D eigenvalue weighted by atomic mass is 9.77. The van der Waals surface area contributed by atoms with Gasteiger partial charge in [0.25, 0.3) is 0 Å². The Hall–Kier alpha value is -0.810. The molecule has 5 nitrogen and oxygen atoms in total. The summed E-state index contributed by atoms with van der Waals surface area (Å²) in [5.41, 5.74) is 0. The van der Waals surface area contributed by atoms with Gasteiger partial charge >= 0.3 is 0 Å². The van der Waals surface area contributed by atoms with Crippen LogP contribution in [0.3, 0.4) is 0 Å². The van der Waals surface area contributed by atoms with Crippen LogP contribution in [0.25, 0.3) is 0 Å². The third kappa shape index (κ3) is 4.23. The van der Waals surface area contributed by atoms with E-state index in [0.717, 1.165) is 77.5 Å². The summed E-state index contributed by atoms with van der Waals surface area (Å²) in [5.74, 6) is 0.377. The molecule has 24 heavy (non-hydrogen) atoms. The van der Waals surface area contributed by atoms with Crippen molar-refractivity contribution in [1.82, 2.24) is 15.1 Å². The topological polar surface area (TPSA) is 52.7 Å². The SMILES string of the molecule is CNC1CCN(C(=O)C2CCCCC2C(=O)N2CCCC2)CC1.Cl. The highest BCUT2D eigenvalue weighted by Crippen LogP contribution is 2.34. The first-order valence-corrected chi connectivity index (χ1v) is 9.45. The standard InChI is InChI=1S/C18H31N3O2.ClH/c1-19-14-8-12-21(13-9-14)18(23)16-7-3-2-6-15(16)17(22)20-10-4-5-11-20;/h14-16,19H,2-13H2,1H3;1H. The molecular formula is C18H32ClN3O2. The Bertz CT molecular complexity index is 432. The molecule has 3 aliphatic rings. The van der Waals surface area contributed by atoms with Gasteiger partial charge in [-0.1, -0.05) is 12.8 Å². The number of carbonyl (C=O) groups excluding carboxylic acids is 2. The average Bonchev–Trinajstić information content (AvgIpc) is 3.15. The minimum absolute atomic E-state index is 0. The van der Waals surface area contributed by atoms with Gasteiger partial charge in [-0.15, -0.1) is 12.4 Å². The van der Waals surface area contributed by atoms with Crippen LogP contribution in [0.5, 0.6) is 0 Å². The molecule has 2 unspecified atom stereocenters. The van der Waals surface area contributed by atoms with Crippen LogP contribution < -0.4 is 5.32 Å². The molecule has 2 aliphatic heterocycles. The minimum atomic E-state index is -0.0667. The van der Waals surface area contributed by atoms with Gasteiger partial charge in [0, 0.05) is 44.1 Å². The molecule has 2 heterocycles. The van der Waals surface area contributed by atoms with Crippen molar-refractivity contribution in [1.29, 1.82) is 0 Å². The molecule has 2 atom stereocenters. The maximum Gasteiger partial charge on any atom is 0.226 e. The zero-order valence-electron chi connectivity index (χ0n) is 14.8. The van der Waals surface area contributed by atoms with E-state index in [0.29, 0.717) is 6.04 Å². The Labute approximate surface area is 151 Å². The molecule has 2 saturated heterocycles. The van der Waals surface area contributed by atoms with Gasteiger partial charge in [0.05, 0.1) is 0 Å². The fourth-order valence-corrected chi connectivity index (χ4v) is 4.52. The molecule has 0 aromatic rings. The van der Waals surface area contributed by atoms with Gasteiger partial charge in [0.15, 0.2) is 0 Å². The van der Waals surface area contributed by atoms with E-state index in [-0.39, 0.29) is 36.1 Å². The first kappa shape index (κ1) is 19.5. The predicted octanol–water partition coefficient (Wildman–Crippen LogP) is 2.05. The molecule has 1 saturated carbocycles. The van der Waals surface area contributed by atoms with E-state index in [2.05, 4.69) is 5.32 Å². The number of amides is 2. The van der Waals surface area contributed by atoms with Crippen LogP contribution in [0.2, 0.25) is 0 Å². The highest BCUT2D eigenvalue weighted by molar-refractivity contribution is 5.88. The van der Waals surface area contributed by atoms with Crippen molar-refractivity contribution in [3.05, 3.63) is 0 Å². The number of nitrogens with zero attached hydrogens (tertiary/aromatic N) is 2. The normalized spacial score (nSPS) is 28.5. The summed E-state index contributed by atoms with van der Waals surface area (Å²) in [6.45, 7) is 3.46. The van der Waals surface area contributed by atoms with E-state index in [9.17, 15) is 9.59 Å². The predicted molar refractivity (Wildman–Crippen MR) is 97.2 cm³/mol. The molecule has 138 valence electrons. The molecule has 2 amide bonds. The Kier molecular flexibility index (Phi) is 7.35. The number of rotatable bonds is 3. The lowest BCUT2D eigenvalue weighted by molar-refractivity contribution is -0.148. The van der Waals surface area contributed by atoms with Crippen molar-refractivity contribution >= 4 is 24.2 Å². The van der Waals surface area contributed by atoms with Crippen molar-refractivity contribution in [2.45, 2.75) is 57.4 Å². The number of piperidine rings is 1. The van der Waals surface area contributed by atoms with Gasteiger partial charge in [-0.25, -0.2) is 0 Å². The van der Waals surface area contributed by atoms with Crippen LogP contribution in [-0.2, 0) is 9.59 Å². The molecular weight excluding hydrogens is 326 g/mol. The first-order valence-electron chi connectivity index (χ1n) is 9.45. The molecule has 0 aromatic heterocycles. The zero-order valence-corrected chi connectivity index (χ0v) is 15.7. The second-order valence-electron chi connectivity index (χ2n) is 7.42. The fourth-order valence-electron chi connectivity index (χ4n) is 4.52. The van der Waals surface area contributed by atoms with Crippen LogP contribution >= 0.6 is 12.4 Å². The van der Waals surface area contributed by atoms with Crippen molar-refractivity contribution < 1.29 is 9.59 Å². The average molecular weight is 358 g/mol. The van der Waals surface area contributed by atoms with Crippen LogP contribution in [-0.4, -0.2) is 60.9 Å². The maximum atomic E-state index is 13.0. The first-order chi connectivity index (χ1) is 11.2. The Morgan fingerprint density at radius 2 is 1.21 bits per heavy atom. The van der Waals surface area contributed by atoms with E-state index >= 15 is 0 Å². The van der Waals surface area contributed by atoms with Crippen LogP contribution in [0.15, 0.2) is 0 Å². The van der Waals surface area contributed by atoms with Gasteiger partial charge in [0.2, 0.25) is 11.8 Å². The monoisotopic (exact) mass is 357 g/mol. The zero-order chi connectivity index (χ0) is 16.2. The summed E-state index contributed by atoms with van der Waals surface area (Å²) >= 11 is 0. The Balaban J connectivity index is 0.00000208. The summed E-state index contributed by atoms with van der Waals surface area (Å²) in [6.07, 6.45) is 8.28. The lowest BCUT2D eigenvalue weighted by Crippen LogP contribution is -2.50. The van der Waals surface area contributed by atoms with E-state index in [4.69, 9.17) is 0 Å². The van der Waals surface area contributed by atoms with Gasteiger partial charge in [-0.3, -0.25) is 9.59 Å². The Morgan fingerprint density at radius 1 is 0.750 bits per heavy atom. The summed E-state index contributed by atoms with van der Waals surface area (Å²) in [5, 5.41) is 3.31. The molecule has 0 bridgehead atoms. The minimum Gasteiger partial charge on any atom is -0.342 e. The molecule has 3 rings (SSSR count). The number of hydrogen-bond donors (Lipinski definition) is 1. The summed E-state index contributed by atoms with van der Waals surface area (Å²) in [6, 6.07) is 0.535. The van der Waals surface area contributed by atoms with E-state index in [1.165, 1.54) is 0 Å². The highest BCUT2D eigenvalue weighted by Gasteiger charge is 2.40. The summed E-state index contributed by atoms with van der Waals surface area (Å²) in [7, 11) is 1.99. The van der Waals surface area contributed by atoms with Gasteiger partial charge in [-0.05, 0) is 45.6 Å². The molecule has 1 aliphatic carbocycles. The number of halogens is 1. The van der Waals surface area contributed by atoms with E-state index in [1.54, 1.807) is 0 Å². The second-order valence-corrected chi connectivity index (χ2v) is 7.42. The molecule has 0 radical (unpaired) electrons. The van der Waals surface area contributed by atoms with Crippen LogP contribution in [0, 0.1) is 11.8 Å².